The molecule has 19 heavy (non-hydrogen) atoms. The normalized spacial score (nSPS) is 18.2. The minimum atomic E-state index is -0.00202. The Bertz CT molecular complexity index is 588. The molecule has 0 fully saturated rings. The highest BCUT2D eigenvalue weighted by Gasteiger charge is 2.19. The highest BCUT2D eigenvalue weighted by molar-refractivity contribution is 5.26. The first-order chi connectivity index (χ1) is 9.33. The summed E-state index contributed by atoms with van der Waals surface area (Å²) in [6.45, 7) is 1.81. The van der Waals surface area contributed by atoms with Crippen molar-refractivity contribution >= 4 is 0 Å². The van der Waals surface area contributed by atoms with E-state index in [2.05, 4.69) is 19.9 Å². The van der Waals surface area contributed by atoms with E-state index in [1.165, 1.54) is 5.56 Å². The number of imidazole rings is 1. The number of aryl methyl sites for hydroxylation is 1. The summed E-state index contributed by atoms with van der Waals surface area (Å²) in [7, 11) is 0. The number of pyridine rings is 1. The zero-order chi connectivity index (χ0) is 13.1. The molecule has 0 saturated heterocycles. The molecule has 5 heteroatoms. The molecule has 1 aliphatic carbocycles. The average Bonchev–Trinajstić information content (AvgIpc) is 2.92. The number of nitrogens with zero attached hydrogens (tertiary/aromatic N) is 2. The number of hydrogen-bond donors (Lipinski definition) is 2. The SMILES string of the molecule is O=c1ccc2c([nH]1)CCCC2NCCn1ccnc1. The van der Waals surface area contributed by atoms with Gasteiger partial charge in [-0.2, -0.15) is 0 Å². The largest absolute Gasteiger partial charge is 0.336 e. The number of rotatable bonds is 4. The van der Waals surface area contributed by atoms with Gasteiger partial charge in [-0.15, -0.1) is 0 Å². The third-order valence-corrected chi connectivity index (χ3v) is 3.65. The number of aromatic amines is 1. The summed E-state index contributed by atoms with van der Waals surface area (Å²) < 4.78 is 2.06. The molecule has 0 saturated carbocycles. The smallest absolute Gasteiger partial charge is 0.248 e. The molecule has 1 atom stereocenters. The third-order valence-electron chi connectivity index (χ3n) is 3.65. The second-order valence-electron chi connectivity index (χ2n) is 4.96. The number of nitrogens with one attached hydrogen (secondary N) is 2. The van der Waals surface area contributed by atoms with Crippen molar-refractivity contribution in [2.24, 2.45) is 0 Å². The summed E-state index contributed by atoms with van der Waals surface area (Å²) in [4.78, 5) is 18.3. The molecule has 0 aliphatic heterocycles. The minimum Gasteiger partial charge on any atom is -0.336 e. The Morgan fingerprint density at radius 2 is 2.42 bits per heavy atom. The molecule has 0 radical (unpaired) electrons. The van der Waals surface area contributed by atoms with E-state index in [4.69, 9.17) is 0 Å². The van der Waals surface area contributed by atoms with Crippen LogP contribution in [0.1, 0.15) is 30.1 Å². The van der Waals surface area contributed by atoms with E-state index in [9.17, 15) is 4.79 Å². The van der Waals surface area contributed by atoms with Gasteiger partial charge in [-0.3, -0.25) is 4.79 Å². The molecule has 2 aromatic rings. The van der Waals surface area contributed by atoms with Crippen LogP contribution in [0, 0.1) is 0 Å². The van der Waals surface area contributed by atoms with Crippen molar-refractivity contribution in [2.75, 3.05) is 6.54 Å². The molecule has 0 aromatic carbocycles. The summed E-state index contributed by atoms with van der Waals surface area (Å²) in [6, 6.07) is 3.93. The number of aromatic nitrogens is 3. The fourth-order valence-corrected chi connectivity index (χ4v) is 2.70. The molecule has 1 unspecified atom stereocenters. The summed E-state index contributed by atoms with van der Waals surface area (Å²) in [5, 5.41) is 3.56. The van der Waals surface area contributed by atoms with Gasteiger partial charge in [0, 0.05) is 43.3 Å². The van der Waals surface area contributed by atoms with E-state index in [1.807, 2.05) is 18.6 Å². The lowest BCUT2D eigenvalue weighted by Crippen LogP contribution is -2.29. The lowest BCUT2D eigenvalue weighted by molar-refractivity contribution is 0.441. The van der Waals surface area contributed by atoms with Crippen molar-refractivity contribution in [1.82, 2.24) is 19.9 Å². The molecule has 100 valence electrons. The van der Waals surface area contributed by atoms with E-state index < -0.39 is 0 Å². The van der Waals surface area contributed by atoms with Crippen molar-refractivity contribution < 1.29 is 0 Å². The van der Waals surface area contributed by atoms with Crippen LogP contribution in [-0.2, 0) is 13.0 Å². The Labute approximate surface area is 111 Å². The zero-order valence-corrected chi connectivity index (χ0v) is 10.8. The zero-order valence-electron chi connectivity index (χ0n) is 10.8. The average molecular weight is 258 g/mol. The second kappa shape index (κ2) is 5.40. The van der Waals surface area contributed by atoms with Crippen molar-refractivity contribution in [3.05, 3.63) is 52.5 Å². The third kappa shape index (κ3) is 2.76. The monoisotopic (exact) mass is 258 g/mol. The summed E-state index contributed by atoms with van der Waals surface area (Å²) in [5.74, 6) is 0. The van der Waals surface area contributed by atoms with Gasteiger partial charge in [0.25, 0.3) is 0 Å². The Morgan fingerprint density at radius 3 is 3.26 bits per heavy atom. The fourth-order valence-electron chi connectivity index (χ4n) is 2.70. The number of hydrogen-bond acceptors (Lipinski definition) is 3. The highest BCUT2D eigenvalue weighted by atomic mass is 16.1. The van der Waals surface area contributed by atoms with Crippen LogP contribution in [0.2, 0.25) is 0 Å². The molecule has 0 bridgehead atoms. The van der Waals surface area contributed by atoms with Gasteiger partial charge in [0.2, 0.25) is 5.56 Å². The molecule has 2 aromatic heterocycles. The maximum Gasteiger partial charge on any atom is 0.248 e. The molecule has 2 N–H and O–H groups in total. The van der Waals surface area contributed by atoms with E-state index in [-0.39, 0.29) is 5.56 Å². The van der Waals surface area contributed by atoms with Gasteiger partial charge in [0.1, 0.15) is 0 Å². The van der Waals surface area contributed by atoms with E-state index in [1.54, 1.807) is 12.3 Å². The van der Waals surface area contributed by atoms with Crippen molar-refractivity contribution in [2.45, 2.75) is 31.8 Å². The molecule has 2 heterocycles. The highest BCUT2D eigenvalue weighted by Crippen LogP contribution is 2.27. The topological polar surface area (TPSA) is 62.7 Å². The Kier molecular flexibility index (Phi) is 3.46. The lowest BCUT2D eigenvalue weighted by atomic mass is 9.91. The molecule has 1 aliphatic rings. The molecular formula is C14H18N4O. The fraction of sp³-hybridized carbons (Fsp3) is 0.429. The van der Waals surface area contributed by atoms with Crippen LogP contribution in [0.4, 0.5) is 0 Å². The van der Waals surface area contributed by atoms with Gasteiger partial charge < -0.3 is 14.9 Å². The summed E-state index contributed by atoms with van der Waals surface area (Å²) >= 11 is 0. The molecule has 0 amide bonds. The summed E-state index contributed by atoms with van der Waals surface area (Å²) in [6.07, 6.45) is 8.81. The molecular weight excluding hydrogens is 240 g/mol. The summed E-state index contributed by atoms with van der Waals surface area (Å²) in [5.41, 5.74) is 2.34. The second-order valence-corrected chi connectivity index (χ2v) is 4.96. The van der Waals surface area contributed by atoms with Gasteiger partial charge in [-0.05, 0) is 24.8 Å². The standard InChI is InChI=1S/C14H18N4O/c19-14-5-4-11-12(2-1-3-13(11)17-14)16-7-9-18-8-6-15-10-18/h4-6,8,10,12,16H,1-3,7,9H2,(H,17,19). The van der Waals surface area contributed by atoms with Gasteiger partial charge in [-0.25, -0.2) is 4.98 Å². The molecule has 3 rings (SSSR count). The van der Waals surface area contributed by atoms with Crippen LogP contribution < -0.4 is 10.9 Å². The number of fused-ring (bicyclic) bond motifs is 1. The predicted octanol–water partition coefficient (Wildman–Crippen LogP) is 1.24. The van der Waals surface area contributed by atoms with Crippen LogP contribution in [-0.4, -0.2) is 21.1 Å². The molecule has 5 nitrogen and oxygen atoms in total. The maximum absolute atomic E-state index is 11.3. The van der Waals surface area contributed by atoms with Gasteiger partial charge in [0.15, 0.2) is 0 Å². The van der Waals surface area contributed by atoms with Crippen LogP contribution in [0.5, 0.6) is 0 Å². The van der Waals surface area contributed by atoms with E-state index in [0.29, 0.717) is 6.04 Å². The number of H-pyrrole nitrogens is 1. The first-order valence-corrected chi connectivity index (χ1v) is 6.74. The van der Waals surface area contributed by atoms with E-state index in [0.717, 1.165) is 38.0 Å². The minimum absolute atomic E-state index is 0.00202. The van der Waals surface area contributed by atoms with Gasteiger partial charge in [0.05, 0.1) is 6.33 Å². The lowest BCUT2D eigenvalue weighted by Gasteiger charge is -2.26. The predicted molar refractivity (Wildman–Crippen MR) is 73.0 cm³/mol. The Balaban J connectivity index is 1.65. The maximum atomic E-state index is 11.3. The van der Waals surface area contributed by atoms with Crippen LogP contribution in [0.15, 0.2) is 35.6 Å². The first kappa shape index (κ1) is 12.2. The van der Waals surface area contributed by atoms with E-state index >= 15 is 0 Å². The van der Waals surface area contributed by atoms with Crippen molar-refractivity contribution in [3.8, 4) is 0 Å². The Hall–Kier alpha value is -1.88. The first-order valence-electron chi connectivity index (χ1n) is 6.74. The van der Waals surface area contributed by atoms with Crippen molar-refractivity contribution in [1.29, 1.82) is 0 Å². The molecule has 0 spiro atoms. The van der Waals surface area contributed by atoms with Crippen LogP contribution in [0.3, 0.4) is 0 Å². The van der Waals surface area contributed by atoms with Crippen LogP contribution >= 0.6 is 0 Å². The van der Waals surface area contributed by atoms with Gasteiger partial charge in [-0.1, -0.05) is 6.07 Å². The van der Waals surface area contributed by atoms with Gasteiger partial charge >= 0.3 is 0 Å². The van der Waals surface area contributed by atoms with Crippen LogP contribution in [0.25, 0.3) is 0 Å². The Morgan fingerprint density at radius 1 is 1.47 bits per heavy atom. The quantitative estimate of drug-likeness (QED) is 0.867. The van der Waals surface area contributed by atoms with Crippen molar-refractivity contribution in [3.63, 3.8) is 0 Å².